The molecule has 2 N–H and O–H groups in total. The van der Waals surface area contributed by atoms with Gasteiger partial charge in [-0.15, -0.1) is 0 Å². The van der Waals surface area contributed by atoms with E-state index in [1.165, 1.54) is 0 Å². The molecule has 1 aliphatic rings. The molecule has 0 radical (unpaired) electrons. The van der Waals surface area contributed by atoms with Gasteiger partial charge in [0.05, 0.1) is 5.92 Å². The first-order valence-electron chi connectivity index (χ1n) is 4.14. The minimum atomic E-state index is -1.29. The topological polar surface area (TPSA) is 49.3 Å². The molecule has 70 valence electrons. The second-order valence-electron chi connectivity index (χ2n) is 3.46. The van der Waals surface area contributed by atoms with Crippen molar-refractivity contribution in [2.75, 3.05) is 13.6 Å². The number of carboxylic acids is 1. The lowest BCUT2D eigenvalue weighted by molar-refractivity contribution is -0.141. The van der Waals surface area contributed by atoms with Crippen molar-refractivity contribution < 1.29 is 14.3 Å². The largest absolute Gasteiger partial charge is 0.481 e. The molecule has 12 heavy (non-hydrogen) atoms. The second kappa shape index (κ2) is 3.39. The Hall–Kier alpha value is -0.640. The number of aliphatic carboxylic acids is 1. The lowest BCUT2D eigenvalue weighted by Gasteiger charge is -2.17. The summed E-state index contributed by atoms with van der Waals surface area (Å²) in [6.07, 6.45) is 0.988. The van der Waals surface area contributed by atoms with Crippen LogP contribution in [0.3, 0.4) is 0 Å². The number of alkyl halides is 1. The van der Waals surface area contributed by atoms with Crippen LogP contribution in [0.5, 0.6) is 0 Å². The van der Waals surface area contributed by atoms with Crippen LogP contribution in [0.1, 0.15) is 19.3 Å². The van der Waals surface area contributed by atoms with Crippen LogP contribution in [0.25, 0.3) is 0 Å². The summed E-state index contributed by atoms with van der Waals surface area (Å²) < 4.78 is 13.6. The quantitative estimate of drug-likeness (QED) is 0.667. The standard InChI is InChI=1S/C8H14FNO2/c1-10-5-8(9)3-2-6(4-8)7(11)12/h6,10H,2-5H2,1H3,(H,11,12). The zero-order valence-electron chi connectivity index (χ0n) is 7.14. The molecule has 0 saturated heterocycles. The molecule has 1 fully saturated rings. The lowest BCUT2D eigenvalue weighted by atomic mass is 10.0. The Balaban J connectivity index is 2.48. The molecule has 1 aliphatic carbocycles. The van der Waals surface area contributed by atoms with Gasteiger partial charge < -0.3 is 10.4 Å². The van der Waals surface area contributed by atoms with Crippen molar-refractivity contribution in [1.29, 1.82) is 0 Å². The number of nitrogens with one attached hydrogen (secondary N) is 1. The Bertz CT molecular complexity index is 186. The fourth-order valence-electron chi connectivity index (χ4n) is 1.77. The van der Waals surface area contributed by atoms with Crippen LogP contribution in [0.15, 0.2) is 0 Å². The third-order valence-electron chi connectivity index (χ3n) is 2.40. The zero-order valence-corrected chi connectivity index (χ0v) is 7.14. The molecule has 4 heteroatoms. The number of carbonyl (C=O) groups is 1. The molecular weight excluding hydrogens is 161 g/mol. The average molecular weight is 175 g/mol. The molecule has 1 saturated carbocycles. The summed E-state index contributed by atoms with van der Waals surface area (Å²) in [4.78, 5) is 10.5. The third-order valence-corrected chi connectivity index (χ3v) is 2.40. The van der Waals surface area contributed by atoms with Gasteiger partial charge in [0.1, 0.15) is 5.67 Å². The Morgan fingerprint density at radius 1 is 1.83 bits per heavy atom. The minimum absolute atomic E-state index is 0.156. The summed E-state index contributed by atoms with van der Waals surface area (Å²) in [7, 11) is 1.68. The van der Waals surface area contributed by atoms with Crippen molar-refractivity contribution in [1.82, 2.24) is 5.32 Å². The van der Waals surface area contributed by atoms with Gasteiger partial charge in [-0.1, -0.05) is 0 Å². The summed E-state index contributed by atoms with van der Waals surface area (Å²) in [5.41, 5.74) is -1.29. The fraction of sp³-hybridized carbons (Fsp3) is 0.875. The van der Waals surface area contributed by atoms with E-state index in [-0.39, 0.29) is 13.0 Å². The van der Waals surface area contributed by atoms with Crippen molar-refractivity contribution >= 4 is 5.97 Å². The van der Waals surface area contributed by atoms with E-state index < -0.39 is 17.6 Å². The van der Waals surface area contributed by atoms with Crippen molar-refractivity contribution in [3.8, 4) is 0 Å². The number of carboxylic acid groups (broad SMARTS) is 1. The van der Waals surface area contributed by atoms with Gasteiger partial charge in [0.15, 0.2) is 0 Å². The number of hydrogen-bond acceptors (Lipinski definition) is 2. The predicted molar refractivity (Wildman–Crippen MR) is 42.7 cm³/mol. The van der Waals surface area contributed by atoms with Gasteiger partial charge in [-0.2, -0.15) is 0 Å². The van der Waals surface area contributed by atoms with E-state index in [0.717, 1.165) is 0 Å². The maximum absolute atomic E-state index is 13.6. The molecule has 3 nitrogen and oxygen atoms in total. The van der Waals surface area contributed by atoms with Crippen LogP contribution < -0.4 is 5.32 Å². The number of halogens is 1. The van der Waals surface area contributed by atoms with Gasteiger partial charge in [-0.3, -0.25) is 4.79 Å². The van der Waals surface area contributed by atoms with Crippen LogP contribution in [-0.4, -0.2) is 30.3 Å². The smallest absolute Gasteiger partial charge is 0.306 e. The maximum Gasteiger partial charge on any atom is 0.306 e. The van der Waals surface area contributed by atoms with Gasteiger partial charge in [0.2, 0.25) is 0 Å². The molecule has 0 aromatic heterocycles. The van der Waals surface area contributed by atoms with Crippen LogP contribution in [0.2, 0.25) is 0 Å². The summed E-state index contributed by atoms with van der Waals surface area (Å²) >= 11 is 0. The molecule has 0 bridgehead atoms. The summed E-state index contributed by atoms with van der Waals surface area (Å²) in [6, 6.07) is 0. The second-order valence-corrected chi connectivity index (χ2v) is 3.46. The van der Waals surface area contributed by atoms with Crippen molar-refractivity contribution in [2.45, 2.75) is 24.9 Å². The van der Waals surface area contributed by atoms with Crippen molar-refractivity contribution in [3.05, 3.63) is 0 Å². The van der Waals surface area contributed by atoms with Crippen LogP contribution in [-0.2, 0) is 4.79 Å². The van der Waals surface area contributed by atoms with Gasteiger partial charge in [-0.25, -0.2) is 4.39 Å². The Labute approximate surface area is 71.0 Å². The molecular formula is C8H14FNO2. The SMILES string of the molecule is CNCC1(F)CCC(C(=O)O)C1. The first kappa shape index (κ1) is 9.45. The van der Waals surface area contributed by atoms with Crippen LogP contribution >= 0.6 is 0 Å². The third kappa shape index (κ3) is 1.94. The van der Waals surface area contributed by atoms with E-state index in [1.807, 2.05) is 0 Å². The highest BCUT2D eigenvalue weighted by molar-refractivity contribution is 5.70. The molecule has 0 amide bonds. The highest BCUT2D eigenvalue weighted by atomic mass is 19.1. The van der Waals surface area contributed by atoms with Crippen molar-refractivity contribution in [2.24, 2.45) is 5.92 Å². The normalized spacial score (nSPS) is 35.3. The summed E-state index contributed by atoms with van der Waals surface area (Å²) in [6.45, 7) is 0.261. The Morgan fingerprint density at radius 3 is 2.92 bits per heavy atom. The number of rotatable bonds is 3. The van der Waals surface area contributed by atoms with Gasteiger partial charge in [0.25, 0.3) is 0 Å². The van der Waals surface area contributed by atoms with Crippen LogP contribution in [0, 0.1) is 5.92 Å². The molecule has 2 atom stereocenters. The van der Waals surface area contributed by atoms with Crippen molar-refractivity contribution in [3.63, 3.8) is 0 Å². The monoisotopic (exact) mass is 175 g/mol. The average Bonchev–Trinajstić information content (AvgIpc) is 2.33. The molecule has 0 aromatic carbocycles. The first-order chi connectivity index (χ1) is 5.57. The van der Waals surface area contributed by atoms with E-state index in [1.54, 1.807) is 7.05 Å². The highest BCUT2D eigenvalue weighted by Gasteiger charge is 2.41. The Kier molecular flexibility index (Phi) is 2.67. The zero-order chi connectivity index (χ0) is 9.19. The Morgan fingerprint density at radius 2 is 2.50 bits per heavy atom. The van der Waals surface area contributed by atoms with E-state index in [2.05, 4.69) is 5.32 Å². The van der Waals surface area contributed by atoms with E-state index in [0.29, 0.717) is 12.8 Å². The van der Waals surface area contributed by atoms with E-state index >= 15 is 0 Å². The minimum Gasteiger partial charge on any atom is -0.481 e. The van der Waals surface area contributed by atoms with Gasteiger partial charge in [0, 0.05) is 6.54 Å². The summed E-state index contributed by atoms with van der Waals surface area (Å²) in [5, 5.41) is 11.4. The molecule has 0 spiro atoms. The maximum atomic E-state index is 13.6. The lowest BCUT2D eigenvalue weighted by Crippen LogP contribution is -2.32. The number of hydrogen-bond donors (Lipinski definition) is 2. The van der Waals surface area contributed by atoms with E-state index in [4.69, 9.17) is 5.11 Å². The molecule has 0 heterocycles. The highest BCUT2D eigenvalue weighted by Crippen LogP contribution is 2.37. The van der Waals surface area contributed by atoms with Gasteiger partial charge in [-0.05, 0) is 26.3 Å². The first-order valence-corrected chi connectivity index (χ1v) is 4.14. The van der Waals surface area contributed by atoms with Crippen LogP contribution in [0.4, 0.5) is 4.39 Å². The molecule has 0 aliphatic heterocycles. The summed E-state index contributed by atoms with van der Waals surface area (Å²) in [5.74, 6) is -1.35. The van der Waals surface area contributed by atoms with E-state index in [9.17, 15) is 9.18 Å². The predicted octanol–water partition coefficient (Wildman–Crippen LogP) is 0.799. The molecule has 0 aromatic rings. The molecule has 1 rings (SSSR count). The van der Waals surface area contributed by atoms with Gasteiger partial charge >= 0.3 is 5.97 Å². The molecule has 2 unspecified atom stereocenters. The fourth-order valence-corrected chi connectivity index (χ4v) is 1.77.